The van der Waals surface area contributed by atoms with Crippen molar-refractivity contribution < 1.29 is 5.48 Å². The van der Waals surface area contributed by atoms with Crippen LogP contribution in [0.15, 0.2) is 12.1 Å². The molecule has 16 heavy (non-hydrogen) atoms. The molecule has 2 nitrogen and oxygen atoms in total. The Bertz CT molecular complexity index is 332. The molecule has 0 bridgehead atoms. The second-order valence-corrected chi connectivity index (χ2v) is 4.12. The highest BCUT2D eigenvalue weighted by molar-refractivity contribution is 5.42. The SMILES string of the molecule is CCc1ccc(C(C)N)c(CC)c1CC.O. The van der Waals surface area contributed by atoms with Crippen molar-refractivity contribution in [2.24, 2.45) is 5.73 Å². The lowest BCUT2D eigenvalue weighted by atomic mass is 9.89. The molecule has 1 atom stereocenters. The number of hydrogen-bond donors (Lipinski definition) is 1. The average Bonchev–Trinajstić information content (AvgIpc) is 2.26. The van der Waals surface area contributed by atoms with Crippen LogP contribution in [0.2, 0.25) is 0 Å². The van der Waals surface area contributed by atoms with Crippen LogP contribution in [0.1, 0.15) is 56.0 Å². The van der Waals surface area contributed by atoms with E-state index in [9.17, 15) is 0 Å². The lowest BCUT2D eigenvalue weighted by Gasteiger charge is -2.18. The van der Waals surface area contributed by atoms with Crippen molar-refractivity contribution in [1.82, 2.24) is 0 Å². The van der Waals surface area contributed by atoms with E-state index in [0.717, 1.165) is 19.3 Å². The maximum absolute atomic E-state index is 6.01. The summed E-state index contributed by atoms with van der Waals surface area (Å²) in [5, 5.41) is 0. The van der Waals surface area contributed by atoms with Gasteiger partial charge in [0.25, 0.3) is 0 Å². The van der Waals surface area contributed by atoms with E-state index >= 15 is 0 Å². The minimum atomic E-state index is 0. The number of benzene rings is 1. The third-order valence-electron chi connectivity index (χ3n) is 3.14. The van der Waals surface area contributed by atoms with Gasteiger partial charge in [0.2, 0.25) is 0 Å². The molecule has 92 valence electrons. The van der Waals surface area contributed by atoms with Crippen LogP contribution >= 0.6 is 0 Å². The minimum Gasteiger partial charge on any atom is -0.412 e. The Kier molecular flexibility index (Phi) is 6.31. The summed E-state index contributed by atoms with van der Waals surface area (Å²) < 4.78 is 0. The number of hydrogen-bond acceptors (Lipinski definition) is 1. The molecule has 0 heterocycles. The van der Waals surface area contributed by atoms with Gasteiger partial charge in [-0.05, 0) is 48.4 Å². The molecule has 1 unspecified atom stereocenters. The van der Waals surface area contributed by atoms with E-state index in [1.54, 1.807) is 0 Å². The van der Waals surface area contributed by atoms with E-state index < -0.39 is 0 Å². The third-order valence-corrected chi connectivity index (χ3v) is 3.14. The molecular weight excluding hydrogens is 198 g/mol. The molecule has 2 heteroatoms. The fourth-order valence-electron chi connectivity index (χ4n) is 2.38. The van der Waals surface area contributed by atoms with Crippen LogP contribution in [0.3, 0.4) is 0 Å². The molecule has 1 aromatic rings. The zero-order valence-electron chi connectivity index (χ0n) is 10.9. The summed E-state index contributed by atoms with van der Waals surface area (Å²) in [4.78, 5) is 0. The van der Waals surface area contributed by atoms with Gasteiger partial charge >= 0.3 is 0 Å². The second-order valence-electron chi connectivity index (χ2n) is 4.12. The van der Waals surface area contributed by atoms with Crippen molar-refractivity contribution in [2.75, 3.05) is 0 Å². The third kappa shape index (κ3) is 2.83. The molecule has 0 aliphatic rings. The first-order chi connectivity index (χ1) is 7.15. The van der Waals surface area contributed by atoms with Gasteiger partial charge in [-0.2, -0.15) is 0 Å². The molecule has 0 aliphatic carbocycles. The summed E-state index contributed by atoms with van der Waals surface area (Å²) in [6.07, 6.45) is 3.33. The van der Waals surface area contributed by atoms with Gasteiger partial charge < -0.3 is 11.2 Å². The fraction of sp³-hybridized carbons (Fsp3) is 0.571. The van der Waals surface area contributed by atoms with Crippen LogP contribution < -0.4 is 5.73 Å². The second kappa shape index (κ2) is 6.66. The summed E-state index contributed by atoms with van der Waals surface area (Å²) in [5.41, 5.74) is 11.8. The van der Waals surface area contributed by atoms with E-state index in [4.69, 9.17) is 5.73 Å². The highest BCUT2D eigenvalue weighted by Crippen LogP contribution is 2.25. The molecule has 1 rings (SSSR count). The van der Waals surface area contributed by atoms with Crippen molar-refractivity contribution in [3.63, 3.8) is 0 Å². The van der Waals surface area contributed by atoms with Crippen LogP contribution in [0.25, 0.3) is 0 Å². The van der Waals surface area contributed by atoms with Crippen LogP contribution in [0.5, 0.6) is 0 Å². The molecule has 0 aliphatic heterocycles. The molecular formula is C14H25NO. The smallest absolute Gasteiger partial charge is 0.0268 e. The van der Waals surface area contributed by atoms with Crippen LogP contribution in [-0.2, 0) is 19.3 Å². The van der Waals surface area contributed by atoms with Gasteiger partial charge in [0, 0.05) is 6.04 Å². The highest BCUT2D eigenvalue weighted by Gasteiger charge is 2.11. The van der Waals surface area contributed by atoms with Crippen LogP contribution in [-0.4, -0.2) is 5.48 Å². The Balaban J connectivity index is 0.00000225. The number of nitrogens with two attached hydrogens (primary N) is 1. The van der Waals surface area contributed by atoms with Gasteiger partial charge in [0.05, 0.1) is 0 Å². The zero-order valence-corrected chi connectivity index (χ0v) is 10.9. The van der Waals surface area contributed by atoms with E-state index in [1.165, 1.54) is 22.3 Å². The monoisotopic (exact) mass is 223 g/mol. The first-order valence-electron chi connectivity index (χ1n) is 6.04. The summed E-state index contributed by atoms with van der Waals surface area (Å²) >= 11 is 0. The Hall–Kier alpha value is -0.860. The summed E-state index contributed by atoms with van der Waals surface area (Å²) in [6, 6.07) is 4.61. The molecule has 1 aromatic carbocycles. The van der Waals surface area contributed by atoms with Gasteiger partial charge in [-0.15, -0.1) is 0 Å². The first kappa shape index (κ1) is 15.1. The number of rotatable bonds is 4. The van der Waals surface area contributed by atoms with Gasteiger partial charge in [0.15, 0.2) is 0 Å². The van der Waals surface area contributed by atoms with E-state index in [2.05, 4.69) is 39.8 Å². The normalized spacial score (nSPS) is 12.1. The molecule has 0 saturated carbocycles. The summed E-state index contributed by atoms with van der Waals surface area (Å²) in [7, 11) is 0. The van der Waals surface area contributed by atoms with Crippen molar-refractivity contribution in [2.45, 2.75) is 53.0 Å². The van der Waals surface area contributed by atoms with Gasteiger partial charge in [-0.1, -0.05) is 32.9 Å². The fourth-order valence-corrected chi connectivity index (χ4v) is 2.38. The topological polar surface area (TPSA) is 57.5 Å². The van der Waals surface area contributed by atoms with Crippen molar-refractivity contribution in [1.29, 1.82) is 0 Å². The Labute approximate surface area is 99.2 Å². The number of aryl methyl sites for hydroxylation is 1. The Morgan fingerprint density at radius 2 is 1.56 bits per heavy atom. The van der Waals surface area contributed by atoms with Crippen molar-refractivity contribution in [3.05, 3.63) is 34.4 Å². The molecule has 0 spiro atoms. The molecule has 4 N–H and O–H groups in total. The first-order valence-corrected chi connectivity index (χ1v) is 6.04. The predicted molar refractivity (Wildman–Crippen MR) is 70.8 cm³/mol. The standard InChI is InChI=1S/C14H23N.H2O/c1-5-11-8-9-14(10(4)15)13(7-3)12(11)6-2;/h8-10H,5-7,15H2,1-4H3;1H2. The van der Waals surface area contributed by atoms with Crippen LogP contribution in [0, 0.1) is 0 Å². The molecule has 0 amide bonds. The maximum atomic E-state index is 6.01. The van der Waals surface area contributed by atoms with Crippen LogP contribution in [0.4, 0.5) is 0 Å². The largest absolute Gasteiger partial charge is 0.412 e. The van der Waals surface area contributed by atoms with E-state index in [1.807, 2.05) is 0 Å². The van der Waals surface area contributed by atoms with Crippen molar-refractivity contribution >= 4 is 0 Å². The summed E-state index contributed by atoms with van der Waals surface area (Å²) in [6.45, 7) is 8.75. The minimum absolute atomic E-state index is 0. The van der Waals surface area contributed by atoms with E-state index in [0.29, 0.717) is 0 Å². The Morgan fingerprint density at radius 1 is 1.00 bits per heavy atom. The lowest BCUT2D eigenvalue weighted by molar-refractivity contribution is 0.791. The molecule has 0 saturated heterocycles. The summed E-state index contributed by atoms with van der Waals surface area (Å²) in [5.74, 6) is 0. The van der Waals surface area contributed by atoms with E-state index in [-0.39, 0.29) is 11.5 Å². The average molecular weight is 223 g/mol. The molecule has 0 fully saturated rings. The van der Waals surface area contributed by atoms with Crippen molar-refractivity contribution in [3.8, 4) is 0 Å². The quantitative estimate of drug-likeness (QED) is 0.838. The van der Waals surface area contributed by atoms with Gasteiger partial charge in [-0.25, -0.2) is 0 Å². The zero-order chi connectivity index (χ0) is 11.4. The highest BCUT2D eigenvalue weighted by atomic mass is 16.0. The molecule has 0 radical (unpaired) electrons. The maximum Gasteiger partial charge on any atom is 0.0268 e. The molecule has 0 aromatic heterocycles. The Morgan fingerprint density at radius 3 is 1.94 bits per heavy atom. The predicted octanol–water partition coefficient (Wildman–Crippen LogP) is 2.57. The van der Waals surface area contributed by atoms with Gasteiger partial charge in [0.1, 0.15) is 0 Å². The lowest BCUT2D eigenvalue weighted by Crippen LogP contribution is -2.11. The van der Waals surface area contributed by atoms with Gasteiger partial charge in [-0.3, -0.25) is 0 Å².